The average molecular weight is 567 g/mol. The summed E-state index contributed by atoms with van der Waals surface area (Å²) in [5, 5.41) is 6.60. The van der Waals surface area contributed by atoms with E-state index in [9.17, 15) is 14.4 Å². The minimum atomic E-state index is -1.56. The zero-order chi connectivity index (χ0) is 28.9. The standard InChI is InChI=1S/C31H30N6O3S/c1-2-23(38)36-21-9-4-10-22(21)37-30(40)28-25-24-19(11-12-20(32)27(24)41-28)31(34,29(39)26(25)33)18-8-3-6-16(14-18)17-7-5-13-35-15-17/h2-3,5-8,11-15,21-22,26H,1,4,9-10,32-34H2,(H,36,38)(H,37,40)/t21-,22-,26?,31?/m1/s1. The smallest absolute Gasteiger partial charge is 0.262 e. The number of hydrogen-bond donors (Lipinski definition) is 5. The first-order chi connectivity index (χ1) is 19.7. The Morgan fingerprint density at radius 2 is 1.83 bits per heavy atom. The Kier molecular flexibility index (Phi) is 6.69. The maximum absolute atomic E-state index is 14.1. The molecule has 2 aliphatic rings. The lowest BCUT2D eigenvalue weighted by Gasteiger charge is -2.36. The van der Waals surface area contributed by atoms with Gasteiger partial charge in [0, 0.05) is 41.1 Å². The van der Waals surface area contributed by atoms with E-state index in [1.165, 1.54) is 17.4 Å². The first-order valence-electron chi connectivity index (χ1n) is 13.4. The summed E-state index contributed by atoms with van der Waals surface area (Å²) in [5.74, 6) is -1.06. The Morgan fingerprint density at radius 3 is 2.56 bits per heavy atom. The molecule has 1 saturated carbocycles. The summed E-state index contributed by atoms with van der Waals surface area (Å²) in [6, 6.07) is 13.1. The van der Waals surface area contributed by atoms with Gasteiger partial charge in [-0.15, -0.1) is 11.3 Å². The molecule has 2 heterocycles. The average Bonchev–Trinajstić information content (AvgIpc) is 3.61. The van der Waals surface area contributed by atoms with Gasteiger partial charge in [0.15, 0.2) is 5.78 Å². The van der Waals surface area contributed by atoms with Crippen LogP contribution in [-0.2, 0) is 15.1 Å². The molecule has 1 fully saturated rings. The molecule has 2 unspecified atom stereocenters. The van der Waals surface area contributed by atoms with Crippen LogP contribution in [0.5, 0.6) is 0 Å². The van der Waals surface area contributed by atoms with Crippen LogP contribution in [0.1, 0.15) is 51.7 Å². The lowest BCUT2D eigenvalue weighted by molar-refractivity contribution is -0.124. The number of hydrogen-bond acceptors (Lipinski definition) is 8. The van der Waals surface area contributed by atoms with Crippen LogP contribution in [0.2, 0.25) is 0 Å². The van der Waals surface area contributed by atoms with Crippen LogP contribution in [0.15, 0.2) is 73.6 Å². The number of amides is 2. The number of nitrogens with two attached hydrogens (primary N) is 3. The third-order valence-corrected chi connectivity index (χ3v) is 9.43. The van der Waals surface area contributed by atoms with Crippen molar-refractivity contribution in [2.45, 2.75) is 42.9 Å². The molecule has 0 saturated heterocycles. The molecule has 2 aliphatic carbocycles. The first kappa shape index (κ1) is 26.8. The molecular weight excluding hydrogens is 536 g/mol. The summed E-state index contributed by atoms with van der Waals surface area (Å²) < 4.78 is 0.659. The van der Waals surface area contributed by atoms with Crippen LogP contribution in [0.3, 0.4) is 0 Å². The molecule has 6 rings (SSSR count). The van der Waals surface area contributed by atoms with E-state index in [0.717, 1.165) is 24.0 Å². The van der Waals surface area contributed by atoms with Crippen molar-refractivity contribution in [3.05, 3.63) is 95.1 Å². The number of nitrogens with one attached hydrogen (secondary N) is 2. The van der Waals surface area contributed by atoms with Gasteiger partial charge in [-0.25, -0.2) is 0 Å². The summed E-state index contributed by atoms with van der Waals surface area (Å²) in [6.45, 7) is 3.51. The highest BCUT2D eigenvalue weighted by molar-refractivity contribution is 7.21. The van der Waals surface area contributed by atoms with E-state index >= 15 is 0 Å². The summed E-state index contributed by atoms with van der Waals surface area (Å²) >= 11 is 1.21. The molecule has 4 atom stereocenters. The van der Waals surface area contributed by atoms with Crippen molar-refractivity contribution in [1.82, 2.24) is 15.6 Å². The minimum Gasteiger partial charge on any atom is -0.398 e. The van der Waals surface area contributed by atoms with Gasteiger partial charge in [-0.3, -0.25) is 19.4 Å². The lowest BCUT2D eigenvalue weighted by Crippen LogP contribution is -2.52. The zero-order valence-corrected chi connectivity index (χ0v) is 23.0. The van der Waals surface area contributed by atoms with E-state index in [1.54, 1.807) is 24.5 Å². The minimum absolute atomic E-state index is 0.213. The number of carbonyl (C=O) groups excluding carboxylic acids is 3. The van der Waals surface area contributed by atoms with E-state index in [2.05, 4.69) is 22.2 Å². The number of thiophene rings is 1. The second-order valence-corrected chi connectivity index (χ2v) is 11.6. The Morgan fingerprint density at radius 1 is 1.07 bits per heavy atom. The summed E-state index contributed by atoms with van der Waals surface area (Å²) in [6.07, 6.45) is 6.97. The number of ketones is 1. The monoisotopic (exact) mass is 566 g/mol. The Balaban J connectivity index is 1.44. The normalized spacial score (nSPS) is 23.4. The number of aromatic nitrogens is 1. The Bertz CT molecular complexity index is 1720. The fourth-order valence-corrected chi connectivity index (χ4v) is 7.31. The molecule has 0 aliphatic heterocycles. The van der Waals surface area contributed by atoms with Crippen LogP contribution >= 0.6 is 11.3 Å². The zero-order valence-electron chi connectivity index (χ0n) is 22.2. The number of pyridine rings is 1. The van der Waals surface area contributed by atoms with Crippen LogP contribution in [0, 0.1) is 0 Å². The molecule has 41 heavy (non-hydrogen) atoms. The van der Waals surface area contributed by atoms with Crippen molar-refractivity contribution in [2.24, 2.45) is 11.5 Å². The second-order valence-electron chi connectivity index (χ2n) is 10.6. The van der Waals surface area contributed by atoms with Crippen LogP contribution in [0.4, 0.5) is 5.69 Å². The summed E-state index contributed by atoms with van der Waals surface area (Å²) in [5.41, 5.74) is 22.3. The first-order valence-corrected chi connectivity index (χ1v) is 14.2. The molecule has 8 N–H and O–H groups in total. The van der Waals surface area contributed by atoms with Gasteiger partial charge < -0.3 is 27.8 Å². The Hall–Kier alpha value is -4.38. The van der Waals surface area contributed by atoms with Gasteiger partial charge in [-0.2, -0.15) is 0 Å². The van der Waals surface area contributed by atoms with Crippen molar-refractivity contribution >= 4 is 44.7 Å². The molecule has 0 bridgehead atoms. The predicted molar refractivity (Wildman–Crippen MR) is 160 cm³/mol. The summed E-state index contributed by atoms with van der Waals surface area (Å²) in [4.78, 5) is 44.3. The largest absolute Gasteiger partial charge is 0.398 e. The number of Topliss-reactive ketones (excluding diaryl/α,β-unsaturated/α-hetero) is 1. The highest BCUT2D eigenvalue weighted by Crippen LogP contribution is 2.49. The topological polar surface area (TPSA) is 166 Å². The van der Waals surface area contributed by atoms with Crippen LogP contribution in [0.25, 0.3) is 21.2 Å². The molecule has 2 aromatic heterocycles. The number of nitrogens with zero attached hydrogens (tertiary/aromatic N) is 1. The molecule has 0 spiro atoms. The molecular formula is C31H30N6O3S. The van der Waals surface area contributed by atoms with E-state index in [4.69, 9.17) is 17.2 Å². The van der Waals surface area contributed by atoms with Crippen molar-refractivity contribution in [3.63, 3.8) is 0 Å². The number of nitrogen functional groups attached to an aromatic ring is 1. The number of carbonyl (C=O) groups is 3. The van der Waals surface area contributed by atoms with E-state index in [0.29, 0.717) is 43.8 Å². The predicted octanol–water partition coefficient (Wildman–Crippen LogP) is 3.28. The molecule has 2 amide bonds. The van der Waals surface area contributed by atoms with Gasteiger partial charge in [-0.1, -0.05) is 36.9 Å². The molecule has 10 heteroatoms. The summed E-state index contributed by atoms with van der Waals surface area (Å²) in [7, 11) is 0. The van der Waals surface area contributed by atoms with Crippen molar-refractivity contribution < 1.29 is 14.4 Å². The molecule has 2 aromatic carbocycles. The lowest BCUT2D eigenvalue weighted by atomic mass is 9.70. The third kappa shape index (κ3) is 4.31. The fraction of sp³-hybridized carbons (Fsp3) is 0.226. The third-order valence-electron chi connectivity index (χ3n) is 8.18. The van der Waals surface area contributed by atoms with Crippen LogP contribution < -0.4 is 27.8 Å². The van der Waals surface area contributed by atoms with Crippen LogP contribution in [-0.4, -0.2) is 34.7 Å². The van der Waals surface area contributed by atoms with Crippen molar-refractivity contribution in [3.8, 4) is 11.1 Å². The number of benzene rings is 2. The maximum Gasteiger partial charge on any atom is 0.262 e. The molecule has 4 aromatic rings. The highest BCUT2D eigenvalue weighted by atomic mass is 32.1. The quantitative estimate of drug-likeness (QED) is 0.176. The molecule has 208 valence electrons. The number of rotatable bonds is 6. The number of anilines is 1. The second kappa shape index (κ2) is 10.2. The van der Waals surface area contributed by atoms with Gasteiger partial charge in [0.25, 0.3) is 5.91 Å². The van der Waals surface area contributed by atoms with E-state index in [-0.39, 0.29) is 23.9 Å². The van der Waals surface area contributed by atoms with E-state index < -0.39 is 17.4 Å². The van der Waals surface area contributed by atoms with E-state index in [1.807, 2.05) is 36.4 Å². The fourth-order valence-electron chi connectivity index (χ4n) is 6.11. The Labute approximate surface area is 240 Å². The SMILES string of the molecule is C=CC(=O)N[C@@H]1CCC[C@H]1NC(=O)c1sc2c(N)ccc3c2c1C(N)C(=O)C3(N)c1cccc(-c2cccnc2)c1. The van der Waals surface area contributed by atoms with Crippen molar-refractivity contribution in [2.75, 3.05) is 5.73 Å². The van der Waals surface area contributed by atoms with Gasteiger partial charge in [0.05, 0.1) is 15.6 Å². The van der Waals surface area contributed by atoms with Gasteiger partial charge in [-0.05, 0) is 65.8 Å². The van der Waals surface area contributed by atoms with Gasteiger partial charge in [0.2, 0.25) is 5.91 Å². The van der Waals surface area contributed by atoms with Crippen molar-refractivity contribution in [1.29, 1.82) is 0 Å². The highest BCUT2D eigenvalue weighted by Gasteiger charge is 2.49. The molecule has 0 radical (unpaired) electrons. The van der Waals surface area contributed by atoms with Gasteiger partial charge in [0.1, 0.15) is 5.54 Å². The molecule has 9 nitrogen and oxygen atoms in total. The van der Waals surface area contributed by atoms with Gasteiger partial charge >= 0.3 is 0 Å². The maximum atomic E-state index is 14.1.